The van der Waals surface area contributed by atoms with Crippen molar-refractivity contribution in [2.45, 2.75) is 40.2 Å². The number of anilines is 2. The van der Waals surface area contributed by atoms with Crippen LogP contribution in [0, 0.1) is 6.92 Å². The molecule has 0 aliphatic carbocycles. The zero-order valence-electron chi connectivity index (χ0n) is 19.5. The number of hydrogen-bond donors (Lipinski definition) is 0. The molecule has 0 bridgehead atoms. The van der Waals surface area contributed by atoms with Crippen LogP contribution in [0.15, 0.2) is 47.8 Å². The number of ether oxygens (including phenoxy) is 3. The molecule has 8 heteroatoms. The van der Waals surface area contributed by atoms with Gasteiger partial charge in [-0.15, -0.1) is 11.3 Å². The highest BCUT2D eigenvalue weighted by molar-refractivity contribution is 7.14. The van der Waals surface area contributed by atoms with E-state index in [4.69, 9.17) is 14.2 Å². The van der Waals surface area contributed by atoms with Crippen LogP contribution in [0.5, 0.6) is 11.5 Å². The highest BCUT2D eigenvalue weighted by Crippen LogP contribution is 2.35. The Labute approximate surface area is 197 Å². The lowest BCUT2D eigenvalue weighted by Crippen LogP contribution is -2.23. The van der Waals surface area contributed by atoms with Gasteiger partial charge in [-0.3, -0.25) is 9.69 Å². The summed E-state index contributed by atoms with van der Waals surface area (Å²) in [6.45, 7) is 7.54. The van der Waals surface area contributed by atoms with Crippen molar-refractivity contribution < 1.29 is 23.8 Å². The first kappa shape index (κ1) is 24.3. The summed E-state index contributed by atoms with van der Waals surface area (Å²) in [6, 6.07) is 13.0. The summed E-state index contributed by atoms with van der Waals surface area (Å²) in [6.07, 6.45) is 0. The summed E-state index contributed by atoms with van der Waals surface area (Å²) in [4.78, 5) is 30.4. The van der Waals surface area contributed by atoms with Gasteiger partial charge < -0.3 is 14.2 Å². The number of hydrogen-bond acceptors (Lipinski definition) is 7. The first-order chi connectivity index (χ1) is 15.8. The number of nitrogens with zero attached hydrogens (tertiary/aromatic N) is 2. The number of rotatable bonds is 9. The highest BCUT2D eigenvalue weighted by Gasteiger charge is 2.21. The van der Waals surface area contributed by atoms with Crippen LogP contribution in [-0.2, 0) is 20.9 Å². The number of thiazole rings is 1. The van der Waals surface area contributed by atoms with Crippen LogP contribution in [0.4, 0.5) is 10.8 Å². The Bertz CT molecular complexity index is 1130. The average molecular weight is 469 g/mol. The molecule has 3 aromatic rings. The standard InChI is InChI=1S/C25H28N2O5S/c1-16(2)21-11-10-20(12-17(21)3)31-14-24(29)32-13-19-15-33-25(26-19)27(18(4)28)22-8-6-7-9-23(22)30-5/h6-12,15-16H,13-14H2,1-5H3. The quantitative estimate of drug-likeness (QED) is 0.392. The second-order valence-electron chi connectivity index (χ2n) is 7.77. The topological polar surface area (TPSA) is 78.0 Å². The van der Waals surface area contributed by atoms with Crippen molar-refractivity contribution in [3.8, 4) is 11.5 Å². The molecule has 1 heterocycles. The van der Waals surface area contributed by atoms with Crippen LogP contribution in [-0.4, -0.2) is 30.6 Å². The zero-order valence-corrected chi connectivity index (χ0v) is 20.3. The maximum atomic E-state index is 12.3. The molecule has 0 fully saturated rings. The van der Waals surface area contributed by atoms with Crippen LogP contribution in [0.1, 0.15) is 43.5 Å². The largest absolute Gasteiger partial charge is 0.495 e. The van der Waals surface area contributed by atoms with E-state index in [1.807, 2.05) is 37.3 Å². The number of aryl methyl sites for hydroxylation is 1. The number of amides is 1. The molecule has 7 nitrogen and oxygen atoms in total. The molecule has 0 unspecified atom stereocenters. The molecule has 0 radical (unpaired) electrons. The summed E-state index contributed by atoms with van der Waals surface area (Å²) in [5.41, 5.74) is 3.51. The Kier molecular flexibility index (Phi) is 8.06. The lowest BCUT2D eigenvalue weighted by Gasteiger charge is -2.20. The minimum Gasteiger partial charge on any atom is -0.495 e. The molecular weight excluding hydrogens is 440 g/mol. The Morgan fingerprint density at radius 1 is 1.15 bits per heavy atom. The molecule has 0 N–H and O–H groups in total. The lowest BCUT2D eigenvalue weighted by molar-refractivity contribution is -0.147. The summed E-state index contributed by atoms with van der Waals surface area (Å²) >= 11 is 1.28. The predicted molar refractivity (Wildman–Crippen MR) is 128 cm³/mol. The second kappa shape index (κ2) is 11.0. The van der Waals surface area contributed by atoms with Crippen LogP contribution in [0.3, 0.4) is 0 Å². The van der Waals surface area contributed by atoms with Crippen molar-refractivity contribution in [3.05, 3.63) is 64.7 Å². The van der Waals surface area contributed by atoms with Crippen molar-refractivity contribution in [1.82, 2.24) is 4.98 Å². The first-order valence-corrected chi connectivity index (χ1v) is 11.4. The molecule has 2 aromatic carbocycles. The van der Waals surface area contributed by atoms with Gasteiger partial charge in [0.25, 0.3) is 0 Å². The SMILES string of the molecule is COc1ccccc1N(C(C)=O)c1nc(COC(=O)COc2ccc(C(C)C)c(C)c2)cs1. The van der Waals surface area contributed by atoms with E-state index in [9.17, 15) is 9.59 Å². The molecule has 0 saturated carbocycles. The smallest absolute Gasteiger partial charge is 0.344 e. The van der Waals surface area contributed by atoms with Gasteiger partial charge in [0, 0.05) is 12.3 Å². The molecule has 0 aliphatic rings. The highest BCUT2D eigenvalue weighted by atomic mass is 32.1. The van der Waals surface area contributed by atoms with Gasteiger partial charge in [0.2, 0.25) is 5.91 Å². The van der Waals surface area contributed by atoms with E-state index >= 15 is 0 Å². The van der Waals surface area contributed by atoms with E-state index in [-0.39, 0.29) is 19.1 Å². The third kappa shape index (κ3) is 6.10. The fourth-order valence-corrected chi connectivity index (χ4v) is 4.28. The maximum absolute atomic E-state index is 12.3. The zero-order chi connectivity index (χ0) is 24.0. The van der Waals surface area contributed by atoms with Crippen molar-refractivity contribution in [2.75, 3.05) is 18.6 Å². The van der Waals surface area contributed by atoms with E-state index in [1.54, 1.807) is 24.6 Å². The molecule has 0 spiro atoms. The minimum atomic E-state index is -0.497. The molecule has 1 amide bonds. The van der Waals surface area contributed by atoms with Gasteiger partial charge in [-0.2, -0.15) is 0 Å². The minimum absolute atomic E-state index is 0.0122. The lowest BCUT2D eigenvalue weighted by atomic mass is 9.98. The van der Waals surface area contributed by atoms with Crippen LogP contribution in [0.25, 0.3) is 0 Å². The summed E-state index contributed by atoms with van der Waals surface area (Å²) in [5, 5.41) is 2.22. The normalized spacial score (nSPS) is 10.7. The van der Waals surface area contributed by atoms with Gasteiger partial charge in [0.05, 0.1) is 18.5 Å². The number of carbonyl (C=O) groups excluding carboxylic acids is 2. The van der Waals surface area contributed by atoms with Gasteiger partial charge in [-0.25, -0.2) is 9.78 Å². The molecule has 33 heavy (non-hydrogen) atoms. The third-order valence-corrected chi connectivity index (χ3v) is 5.85. The fourth-order valence-electron chi connectivity index (χ4n) is 3.41. The van der Waals surface area contributed by atoms with Gasteiger partial charge in [0.15, 0.2) is 11.7 Å². The predicted octanol–water partition coefficient (Wildman–Crippen LogP) is 5.39. The Balaban J connectivity index is 1.59. The van der Waals surface area contributed by atoms with Crippen molar-refractivity contribution in [2.24, 2.45) is 0 Å². The van der Waals surface area contributed by atoms with Crippen molar-refractivity contribution >= 4 is 34.0 Å². The number of benzene rings is 2. The van der Waals surface area contributed by atoms with Crippen molar-refractivity contribution in [3.63, 3.8) is 0 Å². The number of methoxy groups -OCH3 is 1. The monoisotopic (exact) mass is 468 g/mol. The van der Waals surface area contributed by atoms with Crippen LogP contribution >= 0.6 is 11.3 Å². The molecule has 0 aliphatic heterocycles. The van der Waals surface area contributed by atoms with Crippen LogP contribution < -0.4 is 14.4 Å². The average Bonchev–Trinajstić information content (AvgIpc) is 3.24. The number of carbonyl (C=O) groups is 2. The van der Waals surface area contributed by atoms with E-state index in [0.717, 1.165) is 5.56 Å². The number of aromatic nitrogens is 1. The first-order valence-electron chi connectivity index (χ1n) is 10.6. The van der Waals surface area contributed by atoms with Gasteiger partial charge in [0.1, 0.15) is 18.1 Å². The fraction of sp³-hybridized carbons (Fsp3) is 0.320. The molecule has 0 atom stereocenters. The Morgan fingerprint density at radius 2 is 1.91 bits per heavy atom. The molecule has 174 valence electrons. The molecule has 3 rings (SSSR count). The van der Waals surface area contributed by atoms with Gasteiger partial charge >= 0.3 is 5.97 Å². The maximum Gasteiger partial charge on any atom is 0.344 e. The van der Waals surface area contributed by atoms with Crippen LogP contribution in [0.2, 0.25) is 0 Å². The summed E-state index contributed by atoms with van der Waals surface area (Å²) in [7, 11) is 1.55. The molecule has 0 saturated heterocycles. The number of esters is 1. The van der Waals surface area contributed by atoms with E-state index in [1.165, 1.54) is 28.7 Å². The molecular formula is C25H28N2O5S. The molecule has 1 aromatic heterocycles. The second-order valence-corrected chi connectivity index (χ2v) is 8.61. The van der Waals surface area contributed by atoms with Gasteiger partial charge in [-0.05, 0) is 48.2 Å². The number of para-hydroxylation sites is 2. The van der Waals surface area contributed by atoms with E-state index < -0.39 is 5.97 Å². The Morgan fingerprint density at radius 3 is 2.58 bits per heavy atom. The summed E-state index contributed by atoms with van der Waals surface area (Å²) in [5.74, 6) is 0.908. The van der Waals surface area contributed by atoms with Crippen molar-refractivity contribution in [1.29, 1.82) is 0 Å². The van der Waals surface area contributed by atoms with E-state index in [2.05, 4.69) is 18.8 Å². The summed E-state index contributed by atoms with van der Waals surface area (Å²) < 4.78 is 16.2. The Hall–Kier alpha value is -3.39. The van der Waals surface area contributed by atoms with Gasteiger partial charge in [-0.1, -0.05) is 32.0 Å². The van der Waals surface area contributed by atoms with E-state index in [0.29, 0.717) is 33.9 Å². The third-order valence-electron chi connectivity index (χ3n) is 4.97.